The SMILES string of the molecule is Cn1cc(-c2nnc(SCC(=O)Nc3ccc4c(c3)OCCO4)n2C)c(-c2ccccc2)n1. The molecule has 0 saturated heterocycles. The van der Waals surface area contributed by atoms with Crippen LogP contribution in [0, 0.1) is 0 Å². The van der Waals surface area contributed by atoms with Gasteiger partial charge in [0.1, 0.15) is 18.9 Å². The van der Waals surface area contributed by atoms with Gasteiger partial charge in [-0.15, -0.1) is 10.2 Å². The fourth-order valence-corrected chi connectivity index (χ4v) is 4.30. The summed E-state index contributed by atoms with van der Waals surface area (Å²) in [4.78, 5) is 12.5. The highest BCUT2D eigenvalue weighted by molar-refractivity contribution is 7.99. The van der Waals surface area contributed by atoms with Crippen molar-refractivity contribution in [1.82, 2.24) is 24.5 Å². The molecule has 0 bridgehead atoms. The lowest BCUT2D eigenvalue weighted by molar-refractivity contribution is -0.113. The molecule has 10 heteroatoms. The molecule has 0 fully saturated rings. The first-order valence-corrected chi connectivity index (χ1v) is 11.4. The summed E-state index contributed by atoms with van der Waals surface area (Å²) in [6, 6.07) is 15.3. The molecule has 4 aromatic rings. The Morgan fingerprint density at radius 2 is 1.85 bits per heavy atom. The number of aryl methyl sites for hydroxylation is 1. The smallest absolute Gasteiger partial charge is 0.234 e. The van der Waals surface area contributed by atoms with Gasteiger partial charge in [0.2, 0.25) is 5.91 Å². The van der Waals surface area contributed by atoms with E-state index >= 15 is 0 Å². The van der Waals surface area contributed by atoms with Gasteiger partial charge in [0, 0.05) is 37.6 Å². The van der Waals surface area contributed by atoms with Gasteiger partial charge in [0.15, 0.2) is 22.5 Å². The Hall–Kier alpha value is -3.79. The lowest BCUT2D eigenvalue weighted by Gasteiger charge is -2.18. The van der Waals surface area contributed by atoms with E-state index in [0.717, 1.165) is 16.8 Å². The zero-order chi connectivity index (χ0) is 22.8. The van der Waals surface area contributed by atoms with Crippen molar-refractivity contribution in [3.05, 3.63) is 54.7 Å². The largest absolute Gasteiger partial charge is 0.486 e. The Labute approximate surface area is 194 Å². The Morgan fingerprint density at radius 1 is 1.06 bits per heavy atom. The molecule has 168 valence electrons. The van der Waals surface area contributed by atoms with E-state index in [1.165, 1.54) is 11.8 Å². The summed E-state index contributed by atoms with van der Waals surface area (Å²) >= 11 is 1.32. The van der Waals surface area contributed by atoms with Crippen LogP contribution >= 0.6 is 11.8 Å². The first-order chi connectivity index (χ1) is 16.1. The normalized spacial score (nSPS) is 12.5. The third-order valence-corrected chi connectivity index (χ3v) is 6.13. The summed E-state index contributed by atoms with van der Waals surface area (Å²) in [7, 11) is 3.77. The summed E-state index contributed by atoms with van der Waals surface area (Å²) in [6.45, 7) is 1.03. The number of amides is 1. The van der Waals surface area contributed by atoms with Crippen molar-refractivity contribution >= 4 is 23.4 Å². The monoisotopic (exact) mass is 462 g/mol. The summed E-state index contributed by atoms with van der Waals surface area (Å²) in [5.41, 5.74) is 3.38. The number of fused-ring (bicyclic) bond motifs is 1. The topological polar surface area (TPSA) is 96.1 Å². The van der Waals surface area contributed by atoms with Crippen LogP contribution in [-0.4, -0.2) is 49.4 Å². The van der Waals surface area contributed by atoms with Crippen molar-refractivity contribution in [3.63, 3.8) is 0 Å². The number of benzene rings is 2. The Kier molecular flexibility index (Phi) is 5.74. The maximum absolute atomic E-state index is 12.5. The van der Waals surface area contributed by atoms with Gasteiger partial charge in [-0.05, 0) is 12.1 Å². The van der Waals surface area contributed by atoms with Crippen molar-refractivity contribution < 1.29 is 14.3 Å². The van der Waals surface area contributed by atoms with E-state index in [0.29, 0.717) is 41.4 Å². The summed E-state index contributed by atoms with van der Waals surface area (Å²) in [5, 5.41) is 16.8. The highest BCUT2D eigenvalue weighted by Gasteiger charge is 2.19. The average Bonchev–Trinajstić information content (AvgIpc) is 3.40. The van der Waals surface area contributed by atoms with Gasteiger partial charge in [-0.3, -0.25) is 9.48 Å². The van der Waals surface area contributed by atoms with E-state index in [1.807, 2.05) is 55.2 Å². The van der Waals surface area contributed by atoms with E-state index in [2.05, 4.69) is 20.6 Å². The number of ether oxygens (including phenoxy) is 2. The average molecular weight is 463 g/mol. The van der Waals surface area contributed by atoms with Crippen LogP contribution in [0.2, 0.25) is 0 Å². The van der Waals surface area contributed by atoms with Gasteiger partial charge in [-0.25, -0.2) is 0 Å². The van der Waals surface area contributed by atoms with Gasteiger partial charge in [-0.1, -0.05) is 42.1 Å². The fourth-order valence-electron chi connectivity index (χ4n) is 3.58. The third-order valence-electron chi connectivity index (χ3n) is 5.11. The number of rotatable bonds is 6. The zero-order valence-electron chi connectivity index (χ0n) is 18.2. The molecule has 9 nitrogen and oxygen atoms in total. The molecule has 5 rings (SSSR count). The number of hydrogen-bond donors (Lipinski definition) is 1. The lowest BCUT2D eigenvalue weighted by atomic mass is 10.1. The number of thioether (sulfide) groups is 1. The molecular weight excluding hydrogens is 440 g/mol. The standard InChI is InChI=1S/C23H22N6O3S/c1-28-13-17(21(27-28)15-6-4-3-5-7-15)22-25-26-23(29(22)2)33-14-20(30)24-16-8-9-18-19(12-16)32-11-10-31-18/h3-9,12-13H,10-11,14H2,1-2H3,(H,24,30). The predicted octanol–water partition coefficient (Wildman–Crippen LogP) is 3.38. The molecule has 1 aliphatic heterocycles. The van der Waals surface area contributed by atoms with E-state index < -0.39 is 0 Å². The maximum atomic E-state index is 12.5. The number of nitrogens with zero attached hydrogens (tertiary/aromatic N) is 5. The Balaban J connectivity index is 1.28. The lowest BCUT2D eigenvalue weighted by Crippen LogP contribution is -2.17. The Morgan fingerprint density at radius 3 is 2.67 bits per heavy atom. The number of carbonyl (C=O) groups is 1. The minimum atomic E-state index is -0.146. The van der Waals surface area contributed by atoms with E-state index in [4.69, 9.17) is 9.47 Å². The van der Waals surface area contributed by atoms with Crippen LogP contribution < -0.4 is 14.8 Å². The van der Waals surface area contributed by atoms with Crippen LogP contribution in [0.4, 0.5) is 5.69 Å². The molecule has 1 N–H and O–H groups in total. The second kappa shape index (κ2) is 8.99. The molecular formula is C23H22N6O3S. The summed E-state index contributed by atoms with van der Waals surface area (Å²) in [6.07, 6.45) is 1.93. The summed E-state index contributed by atoms with van der Waals surface area (Å²) < 4.78 is 14.7. The molecule has 0 spiro atoms. The second-order valence-corrected chi connectivity index (χ2v) is 8.43. The van der Waals surface area contributed by atoms with Crippen LogP contribution in [-0.2, 0) is 18.9 Å². The molecule has 1 aliphatic rings. The van der Waals surface area contributed by atoms with Crippen molar-refractivity contribution in [3.8, 4) is 34.1 Å². The Bertz CT molecular complexity index is 1300. The summed E-state index contributed by atoms with van der Waals surface area (Å²) in [5.74, 6) is 2.06. The molecule has 2 aromatic heterocycles. The number of hydrogen-bond acceptors (Lipinski definition) is 7. The molecule has 3 heterocycles. The zero-order valence-corrected chi connectivity index (χ0v) is 19.0. The number of anilines is 1. The van der Waals surface area contributed by atoms with Crippen molar-refractivity contribution in [2.45, 2.75) is 5.16 Å². The van der Waals surface area contributed by atoms with Gasteiger partial charge in [0.05, 0.1) is 11.3 Å². The van der Waals surface area contributed by atoms with E-state index in [1.54, 1.807) is 22.9 Å². The molecule has 0 aliphatic carbocycles. The van der Waals surface area contributed by atoms with Crippen LogP contribution in [0.3, 0.4) is 0 Å². The van der Waals surface area contributed by atoms with Crippen molar-refractivity contribution in [2.75, 3.05) is 24.3 Å². The van der Waals surface area contributed by atoms with Gasteiger partial charge >= 0.3 is 0 Å². The van der Waals surface area contributed by atoms with Gasteiger partial charge in [0.25, 0.3) is 0 Å². The van der Waals surface area contributed by atoms with Crippen LogP contribution in [0.25, 0.3) is 22.6 Å². The van der Waals surface area contributed by atoms with Crippen molar-refractivity contribution in [1.29, 1.82) is 0 Å². The molecule has 1 amide bonds. The van der Waals surface area contributed by atoms with Crippen LogP contribution in [0.15, 0.2) is 59.9 Å². The second-order valence-electron chi connectivity index (χ2n) is 7.49. The third kappa shape index (κ3) is 4.42. The number of aromatic nitrogens is 5. The van der Waals surface area contributed by atoms with Crippen LogP contribution in [0.1, 0.15) is 0 Å². The molecule has 0 radical (unpaired) electrons. The van der Waals surface area contributed by atoms with Gasteiger partial charge in [-0.2, -0.15) is 5.10 Å². The molecule has 0 saturated carbocycles. The highest BCUT2D eigenvalue weighted by Crippen LogP contribution is 2.33. The molecule has 0 unspecified atom stereocenters. The minimum Gasteiger partial charge on any atom is -0.486 e. The minimum absolute atomic E-state index is 0.146. The first kappa shape index (κ1) is 21.1. The quantitative estimate of drug-likeness (QED) is 0.439. The fraction of sp³-hybridized carbons (Fsp3) is 0.217. The first-order valence-electron chi connectivity index (χ1n) is 10.4. The number of nitrogens with one attached hydrogen (secondary N) is 1. The predicted molar refractivity (Wildman–Crippen MR) is 125 cm³/mol. The number of carbonyl (C=O) groups excluding carboxylic acids is 1. The van der Waals surface area contributed by atoms with Crippen LogP contribution in [0.5, 0.6) is 11.5 Å². The van der Waals surface area contributed by atoms with E-state index in [9.17, 15) is 4.79 Å². The molecule has 0 atom stereocenters. The molecule has 33 heavy (non-hydrogen) atoms. The molecule has 2 aromatic carbocycles. The maximum Gasteiger partial charge on any atom is 0.234 e. The highest BCUT2D eigenvalue weighted by atomic mass is 32.2. The van der Waals surface area contributed by atoms with Gasteiger partial charge < -0.3 is 19.4 Å². The van der Waals surface area contributed by atoms with Crippen molar-refractivity contribution in [2.24, 2.45) is 14.1 Å². The van der Waals surface area contributed by atoms with E-state index in [-0.39, 0.29) is 11.7 Å².